The number of hydrogen-bond acceptors (Lipinski definition) is 3. The van der Waals surface area contributed by atoms with Crippen molar-refractivity contribution in [1.82, 2.24) is 4.98 Å². The molecule has 1 atom stereocenters. The normalized spacial score (nSPS) is 12.8. The highest BCUT2D eigenvalue weighted by Crippen LogP contribution is 2.28. The highest BCUT2D eigenvalue weighted by Gasteiger charge is 2.13. The van der Waals surface area contributed by atoms with Crippen LogP contribution in [0.1, 0.15) is 24.6 Å². The van der Waals surface area contributed by atoms with Gasteiger partial charge in [0.25, 0.3) is 0 Å². The Hall–Kier alpha value is -0.970. The lowest BCUT2D eigenvalue weighted by atomic mass is 10.1. The smallest absolute Gasteiger partial charge is 0.0972 e. The summed E-state index contributed by atoms with van der Waals surface area (Å²) in [5.41, 5.74) is 1.60. The Kier molecular flexibility index (Phi) is 4.69. The number of methoxy groups -OCH3 is 1. The highest BCUT2D eigenvalue weighted by molar-refractivity contribution is 9.10. The minimum atomic E-state index is -0.556. The number of pyridine rings is 1. The topological polar surface area (TPSA) is 42.4 Å². The molecule has 4 heteroatoms. The quantitative estimate of drug-likeness (QED) is 0.860. The molecule has 1 aromatic heterocycles. The number of aliphatic hydroxyl groups is 1. The fourth-order valence-electron chi connectivity index (χ4n) is 1.90. The summed E-state index contributed by atoms with van der Waals surface area (Å²) in [6, 6.07) is 9.88. The van der Waals surface area contributed by atoms with Crippen molar-refractivity contribution in [3.05, 3.63) is 40.5 Å². The molecule has 18 heavy (non-hydrogen) atoms. The number of aliphatic hydroxyl groups excluding tert-OH is 1. The van der Waals surface area contributed by atoms with E-state index in [0.717, 1.165) is 21.8 Å². The van der Waals surface area contributed by atoms with Crippen LogP contribution in [0.2, 0.25) is 0 Å². The van der Waals surface area contributed by atoms with Crippen LogP contribution in [0, 0.1) is 0 Å². The van der Waals surface area contributed by atoms with Crippen molar-refractivity contribution in [1.29, 1.82) is 0 Å². The molecular formula is C14H16BrNO2. The number of ether oxygens (including phenoxy) is 1. The van der Waals surface area contributed by atoms with E-state index in [1.807, 2.05) is 30.3 Å². The first-order valence-corrected chi connectivity index (χ1v) is 6.74. The van der Waals surface area contributed by atoms with E-state index >= 15 is 0 Å². The number of benzene rings is 1. The van der Waals surface area contributed by atoms with Crippen LogP contribution in [0.5, 0.6) is 0 Å². The largest absolute Gasteiger partial charge is 0.387 e. The zero-order chi connectivity index (χ0) is 13.0. The summed E-state index contributed by atoms with van der Waals surface area (Å²) < 4.78 is 5.84. The molecule has 0 bridgehead atoms. The Labute approximate surface area is 115 Å². The van der Waals surface area contributed by atoms with Crippen molar-refractivity contribution >= 4 is 26.8 Å². The SMILES string of the molecule is COCCCC(O)c1nc2ccccc2cc1Br. The Balaban J connectivity index is 2.24. The Bertz CT molecular complexity index is 530. The number of halogens is 1. The monoisotopic (exact) mass is 309 g/mol. The van der Waals surface area contributed by atoms with Gasteiger partial charge in [-0.15, -0.1) is 0 Å². The van der Waals surface area contributed by atoms with E-state index in [9.17, 15) is 5.11 Å². The van der Waals surface area contributed by atoms with Crippen LogP contribution < -0.4 is 0 Å². The molecule has 1 N–H and O–H groups in total. The molecular weight excluding hydrogens is 294 g/mol. The molecule has 2 rings (SSSR count). The van der Waals surface area contributed by atoms with E-state index in [0.29, 0.717) is 18.7 Å². The minimum Gasteiger partial charge on any atom is -0.387 e. The molecule has 0 radical (unpaired) electrons. The van der Waals surface area contributed by atoms with Crippen molar-refractivity contribution in [2.24, 2.45) is 0 Å². The van der Waals surface area contributed by atoms with Crippen LogP contribution in [-0.2, 0) is 4.74 Å². The fraction of sp³-hybridized carbons (Fsp3) is 0.357. The number of rotatable bonds is 5. The number of para-hydroxylation sites is 1. The fourth-order valence-corrected chi connectivity index (χ4v) is 2.50. The van der Waals surface area contributed by atoms with Crippen molar-refractivity contribution in [2.75, 3.05) is 13.7 Å². The van der Waals surface area contributed by atoms with E-state index in [1.54, 1.807) is 7.11 Å². The van der Waals surface area contributed by atoms with Gasteiger partial charge in [-0.1, -0.05) is 18.2 Å². The molecule has 0 saturated heterocycles. The van der Waals surface area contributed by atoms with Gasteiger partial charge in [0, 0.05) is 23.6 Å². The summed E-state index contributed by atoms with van der Waals surface area (Å²) in [6.45, 7) is 0.655. The maximum Gasteiger partial charge on any atom is 0.0972 e. The molecule has 3 nitrogen and oxygen atoms in total. The average molecular weight is 310 g/mol. The van der Waals surface area contributed by atoms with Gasteiger partial charge in [-0.05, 0) is 40.9 Å². The van der Waals surface area contributed by atoms with Crippen molar-refractivity contribution < 1.29 is 9.84 Å². The standard InChI is InChI=1S/C14H16BrNO2/c1-18-8-4-7-13(17)14-11(15)9-10-5-2-3-6-12(10)16-14/h2-3,5-6,9,13,17H,4,7-8H2,1H3. The predicted molar refractivity (Wildman–Crippen MR) is 75.5 cm³/mol. The molecule has 96 valence electrons. The number of aromatic nitrogens is 1. The summed E-state index contributed by atoms with van der Waals surface area (Å²) in [4.78, 5) is 4.52. The van der Waals surface area contributed by atoms with Crippen molar-refractivity contribution in [3.63, 3.8) is 0 Å². The summed E-state index contributed by atoms with van der Waals surface area (Å²) in [6.07, 6.45) is 0.912. The van der Waals surface area contributed by atoms with Crippen LogP contribution in [0.15, 0.2) is 34.8 Å². The van der Waals surface area contributed by atoms with E-state index in [2.05, 4.69) is 20.9 Å². The second-order valence-electron chi connectivity index (χ2n) is 4.20. The Morgan fingerprint density at radius 1 is 1.39 bits per heavy atom. The molecule has 0 spiro atoms. The Morgan fingerprint density at radius 2 is 2.17 bits per heavy atom. The van der Waals surface area contributed by atoms with Gasteiger partial charge < -0.3 is 9.84 Å². The van der Waals surface area contributed by atoms with Crippen LogP contribution >= 0.6 is 15.9 Å². The molecule has 0 fully saturated rings. The van der Waals surface area contributed by atoms with Gasteiger partial charge in [0.2, 0.25) is 0 Å². The lowest BCUT2D eigenvalue weighted by molar-refractivity contribution is 0.133. The molecule has 0 amide bonds. The second-order valence-corrected chi connectivity index (χ2v) is 5.05. The highest BCUT2D eigenvalue weighted by atomic mass is 79.9. The molecule has 0 saturated carbocycles. The predicted octanol–water partition coefficient (Wildman–Crippen LogP) is 3.46. The zero-order valence-corrected chi connectivity index (χ0v) is 11.9. The van der Waals surface area contributed by atoms with Gasteiger partial charge in [-0.25, -0.2) is 4.98 Å². The third-order valence-corrected chi connectivity index (χ3v) is 3.48. The third-order valence-electron chi connectivity index (χ3n) is 2.85. The van der Waals surface area contributed by atoms with Gasteiger partial charge in [0.1, 0.15) is 0 Å². The van der Waals surface area contributed by atoms with Gasteiger partial charge in [-0.3, -0.25) is 0 Å². The van der Waals surface area contributed by atoms with Crippen LogP contribution in [-0.4, -0.2) is 23.8 Å². The van der Waals surface area contributed by atoms with E-state index < -0.39 is 6.10 Å². The number of nitrogens with zero attached hydrogens (tertiary/aromatic N) is 1. The van der Waals surface area contributed by atoms with Crippen molar-refractivity contribution in [3.8, 4) is 0 Å². The van der Waals surface area contributed by atoms with Gasteiger partial charge in [0.15, 0.2) is 0 Å². The molecule has 0 aliphatic rings. The molecule has 0 aliphatic carbocycles. The third kappa shape index (κ3) is 3.07. The van der Waals surface area contributed by atoms with Crippen LogP contribution in [0.25, 0.3) is 10.9 Å². The Morgan fingerprint density at radius 3 is 2.94 bits per heavy atom. The van der Waals surface area contributed by atoms with E-state index in [4.69, 9.17) is 4.74 Å². The summed E-state index contributed by atoms with van der Waals surface area (Å²) in [5, 5.41) is 11.2. The average Bonchev–Trinajstić information content (AvgIpc) is 2.38. The van der Waals surface area contributed by atoms with Gasteiger partial charge >= 0.3 is 0 Å². The number of fused-ring (bicyclic) bond motifs is 1. The van der Waals surface area contributed by atoms with Gasteiger partial charge in [-0.2, -0.15) is 0 Å². The molecule has 0 aliphatic heterocycles. The summed E-state index contributed by atoms with van der Waals surface area (Å²) in [5.74, 6) is 0. The first kappa shape index (κ1) is 13.5. The van der Waals surface area contributed by atoms with Gasteiger partial charge in [0.05, 0.1) is 17.3 Å². The van der Waals surface area contributed by atoms with Crippen LogP contribution in [0.4, 0.5) is 0 Å². The first-order valence-electron chi connectivity index (χ1n) is 5.94. The maximum atomic E-state index is 10.1. The van der Waals surface area contributed by atoms with Crippen molar-refractivity contribution in [2.45, 2.75) is 18.9 Å². The van der Waals surface area contributed by atoms with E-state index in [-0.39, 0.29) is 0 Å². The zero-order valence-electron chi connectivity index (χ0n) is 10.3. The number of hydrogen-bond donors (Lipinski definition) is 1. The minimum absolute atomic E-state index is 0.556. The lowest BCUT2D eigenvalue weighted by Gasteiger charge is -2.12. The molecule has 1 aromatic carbocycles. The first-order chi connectivity index (χ1) is 8.72. The maximum absolute atomic E-state index is 10.1. The molecule has 2 aromatic rings. The molecule has 1 unspecified atom stereocenters. The summed E-state index contributed by atoms with van der Waals surface area (Å²) in [7, 11) is 1.66. The lowest BCUT2D eigenvalue weighted by Crippen LogP contribution is -2.03. The second kappa shape index (κ2) is 6.27. The summed E-state index contributed by atoms with van der Waals surface area (Å²) >= 11 is 3.47. The van der Waals surface area contributed by atoms with E-state index in [1.165, 1.54) is 0 Å². The van der Waals surface area contributed by atoms with Crippen LogP contribution in [0.3, 0.4) is 0 Å². The molecule has 1 heterocycles.